The van der Waals surface area contributed by atoms with Crippen LogP contribution in [0.5, 0.6) is 0 Å². The van der Waals surface area contributed by atoms with Crippen molar-refractivity contribution in [2.45, 2.75) is 38.5 Å². The molecule has 2 saturated heterocycles. The van der Waals surface area contributed by atoms with Crippen LogP contribution in [-0.4, -0.2) is 58.1 Å². The van der Waals surface area contributed by atoms with E-state index in [9.17, 15) is 14.4 Å². The summed E-state index contributed by atoms with van der Waals surface area (Å²) in [6, 6.07) is 10.2. The summed E-state index contributed by atoms with van der Waals surface area (Å²) in [5, 5.41) is 0.763. The van der Waals surface area contributed by atoms with Crippen LogP contribution in [0.15, 0.2) is 35.3 Å². The summed E-state index contributed by atoms with van der Waals surface area (Å²) in [5.41, 5.74) is 1.23. The normalized spacial score (nSPS) is 25.7. The average Bonchev–Trinajstić information content (AvgIpc) is 3.31. The van der Waals surface area contributed by atoms with Gasteiger partial charge in [-0.3, -0.25) is 29.2 Å². The molecule has 0 aromatic heterocycles. The fourth-order valence-electron chi connectivity index (χ4n) is 4.48. The highest BCUT2D eigenvalue weighted by molar-refractivity contribution is 8.14. The number of amidine groups is 1. The van der Waals surface area contributed by atoms with Crippen molar-refractivity contribution in [2.24, 2.45) is 16.8 Å². The molecule has 0 N–H and O–H groups in total. The van der Waals surface area contributed by atoms with Gasteiger partial charge in [0.1, 0.15) is 0 Å². The summed E-state index contributed by atoms with van der Waals surface area (Å²) in [5.74, 6) is 0.346. The first-order chi connectivity index (χ1) is 14.1. The monoisotopic (exact) mass is 413 g/mol. The van der Waals surface area contributed by atoms with Crippen LogP contribution < -0.4 is 0 Å². The van der Waals surface area contributed by atoms with E-state index in [4.69, 9.17) is 0 Å². The smallest absolute Gasteiger partial charge is 0.233 e. The first-order valence-electron chi connectivity index (χ1n) is 10.5. The van der Waals surface area contributed by atoms with Crippen LogP contribution in [0.4, 0.5) is 0 Å². The van der Waals surface area contributed by atoms with E-state index >= 15 is 0 Å². The van der Waals surface area contributed by atoms with Gasteiger partial charge < -0.3 is 0 Å². The summed E-state index contributed by atoms with van der Waals surface area (Å²) in [4.78, 5) is 45.6. The third-order valence-corrected chi connectivity index (χ3v) is 7.04. The minimum Gasteiger partial charge on any atom is -0.291 e. The van der Waals surface area contributed by atoms with Gasteiger partial charge in [0, 0.05) is 31.8 Å². The standard InChI is InChI=1S/C22H27N3O3S/c26-19(11-13-25-20(27)17-8-4-5-9-18(17)21(25)28)24-14-15-29-22(24)23-12-10-16-6-2-1-3-7-16/h1-3,6-7,17-18H,4-5,8-15H2. The van der Waals surface area contributed by atoms with E-state index in [2.05, 4.69) is 17.1 Å². The number of benzene rings is 1. The van der Waals surface area contributed by atoms with Crippen molar-refractivity contribution in [1.29, 1.82) is 0 Å². The molecule has 3 fully saturated rings. The van der Waals surface area contributed by atoms with Crippen LogP contribution in [-0.2, 0) is 20.8 Å². The third kappa shape index (κ3) is 4.39. The molecule has 3 aliphatic rings. The van der Waals surface area contributed by atoms with Gasteiger partial charge >= 0.3 is 0 Å². The summed E-state index contributed by atoms with van der Waals surface area (Å²) in [6.07, 6.45) is 4.66. The first-order valence-corrected chi connectivity index (χ1v) is 11.5. The average molecular weight is 414 g/mol. The van der Waals surface area contributed by atoms with Crippen LogP contribution in [0, 0.1) is 11.8 Å². The summed E-state index contributed by atoms with van der Waals surface area (Å²) in [7, 11) is 0. The number of carbonyl (C=O) groups excluding carboxylic acids is 3. The van der Waals surface area contributed by atoms with Crippen molar-refractivity contribution in [1.82, 2.24) is 9.80 Å². The second kappa shape index (κ2) is 9.11. The molecular formula is C22H27N3O3S. The Morgan fingerprint density at radius 2 is 1.76 bits per heavy atom. The number of imide groups is 1. The molecule has 0 spiro atoms. The van der Waals surface area contributed by atoms with Gasteiger partial charge in [-0.2, -0.15) is 0 Å². The predicted molar refractivity (Wildman–Crippen MR) is 113 cm³/mol. The molecule has 1 aromatic rings. The highest BCUT2D eigenvalue weighted by atomic mass is 32.2. The molecule has 3 amide bonds. The lowest BCUT2D eigenvalue weighted by atomic mass is 9.81. The van der Waals surface area contributed by atoms with Crippen molar-refractivity contribution < 1.29 is 14.4 Å². The van der Waals surface area contributed by atoms with Gasteiger partial charge in [-0.05, 0) is 24.8 Å². The van der Waals surface area contributed by atoms with Gasteiger partial charge in [0.2, 0.25) is 17.7 Å². The second-order valence-electron chi connectivity index (χ2n) is 7.87. The molecule has 2 heterocycles. The van der Waals surface area contributed by atoms with E-state index in [1.54, 1.807) is 16.7 Å². The molecule has 7 heteroatoms. The zero-order chi connectivity index (χ0) is 20.2. The minimum absolute atomic E-state index is 0.0519. The Balaban J connectivity index is 1.31. The minimum atomic E-state index is -0.149. The maximum Gasteiger partial charge on any atom is 0.233 e. The maximum absolute atomic E-state index is 12.8. The highest BCUT2D eigenvalue weighted by Gasteiger charge is 2.48. The predicted octanol–water partition coefficient (Wildman–Crippen LogP) is 2.73. The van der Waals surface area contributed by atoms with Gasteiger partial charge in [0.25, 0.3) is 0 Å². The molecule has 6 nitrogen and oxygen atoms in total. The molecule has 154 valence electrons. The molecular weight excluding hydrogens is 386 g/mol. The van der Waals surface area contributed by atoms with Crippen LogP contribution >= 0.6 is 11.8 Å². The zero-order valence-corrected chi connectivity index (χ0v) is 17.4. The Labute approximate surface area is 175 Å². The molecule has 4 rings (SSSR count). The van der Waals surface area contributed by atoms with E-state index in [1.165, 1.54) is 10.5 Å². The molecule has 2 unspecified atom stereocenters. The largest absolute Gasteiger partial charge is 0.291 e. The number of amides is 3. The number of fused-ring (bicyclic) bond motifs is 1. The molecule has 1 aromatic carbocycles. The fraction of sp³-hybridized carbons (Fsp3) is 0.545. The molecule has 0 bridgehead atoms. The highest BCUT2D eigenvalue weighted by Crippen LogP contribution is 2.38. The van der Waals surface area contributed by atoms with Crippen LogP contribution in [0.3, 0.4) is 0 Å². The van der Waals surface area contributed by atoms with E-state index in [-0.39, 0.29) is 42.5 Å². The summed E-state index contributed by atoms with van der Waals surface area (Å²) in [6.45, 7) is 1.48. The van der Waals surface area contributed by atoms with E-state index < -0.39 is 0 Å². The Kier molecular flexibility index (Phi) is 6.33. The van der Waals surface area contributed by atoms with E-state index in [0.717, 1.165) is 43.0 Å². The topological polar surface area (TPSA) is 70.1 Å². The Hall–Kier alpha value is -2.15. The quantitative estimate of drug-likeness (QED) is 0.673. The van der Waals surface area contributed by atoms with Gasteiger partial charge in [-0.15, -0.1) is 0 Å². The Morgan fingerprint density at radius 3 is 2.45 bits per heavy atom. The molecule has 2 aliphatic heterocycles. The van der Waals surface area contributed by atoms with E-state index in [0.29, 0.717) is 13.1 Å². The van der Waals surface area contributed by atoms with Crippen LogP contribution in [0.1, 0.15) is 37.7 Å². The molecule has 1 saturated carbocycles. The number of hydrogen-bond donors (Lipinski definition) is 0. The van der Waals surface area contributed by atoms with Crippen molar-refractivity contribution in [3.8, 4) is 0 Å². The lowest BCUT2D eigenvalue weighted by Crippen LogP contribution is -2.38. The fourth-order valence-corrected chi connectivity index (χ4v) is 5.47. The summed E-state index contributed by atoms with van der Waals surface area (Å²) >= 11 is 1.60. The Bertz CT molecular complexity index is 787. The third-order valence-electron chi connectivity index (χ3n) is 6.05. The molecule has 2 atom stereocenters. The Morgan fingerprint density at radius 1 is 1.07 bits per heavy atom. The number of rotatable bonds is 6. The van der Waals surface area contributed by atoms with Crippen molar-refractivity contribution >= 4 is 34.7 Å². The first kappa shape index (κ1) is 20.1. The number of hydrogen-bond acceptors (Lipinski definition) is 5. The number of aliphatic imine (C=N–C) groups is 1. The van der Waals surface area contributed by atoms with Crippen LogP contribution in [0.2, 0.25) is 0 Å². The van der Waals surface area contributed by atoms with Crippen LogP contribution in [0.25, 0.3) is 0 Å². The van der Waals surface area contributed by atoms with Gasteiger partial charge in [-0.1, -0.05) is 54.9 Å². The van der Waals surface area contributed by atoms with Crippen molar-refractivity contribution in [3.63, 3.8) is 0 Å². The van der Waals surface area contributed by atoms with Crippen molar-refractivity contribution in [2.75, 3.05) is 25.4 Å². The number of carbonyl (C=O) groups is 3. The van der Waals surface area contributed by atoms with Gasteiger partial charge in [0.05, 0.1) is 11.8 Å². The maximum atomic E-state index is 12.8. The molecule has 29 heavy (non-hydrogen) atoms. The summed E-state index contributed by atoms with van der Waals surface area (Å²) < 4.78 is 0. The second-order valence-corrected chi connectivity index (χ2v) is 8.93. The SMILES string of the molecule is O=C(CCN1C(=O)C2CCCCC2C1=O)N1CCSC1=NCCc1ccccc1. The number of thioether (sulfide) groups is 1. The molecule has 0 radical (unpaired) electrons. The zero-order valence-electron chi connectivity index (χ0n) is 16.6. The lowest BCUT2D eigenvalue weighted by molar-refractivity contribution is -0.140. The number of likely N-dealkylation sites (tertiary alicyclic amines) is 1. The van der Waals surface area contributed by atoms with Gasteiger partial charge in [0.15, 0.2) is 5.17 Å². The van der Waals surface area contributed by atoms with E-state index in [1.807, 2.05) is 18.2 Å². The van der Waals surface area contributed by atoms with Gasteiger partial charge in [-0.25, -0.2) is 0 Å². The van der Waals surface area contributed by atoms with Crippen molar-refractivity contribution in [3.05, 3.63) is 35.9 Å². The molecule has 1 aliphatic carbocycles. The lowest BCUT2D eigenvalue weighted by Gasteiger charge is -2.19. The number of nitrogens with zero attached hydrogens (tertiary/aromatic N) is 3.